The van der Waals surface area contributed by atoms with Gasteiger partial charge in [-0.05, 0) is 43.9 Å². The molecule has 1 spiro atoms. The molecule has 2 fully saturated rings. The molecule has 1 aliphatic carbocycles. The summed E-state index contributed by atoms with van der Waals surface area (Å²) in [6, 6.07) is 7.22. The second-order valence-electron chi connectivity index (χ2n) is 7.91. The van der Waals surface area contributed by atoms with Crippen molar-refractivity contribution >= 4 is 34.9 Å². The van der Waals surface area contributed by atoms with Crippen molar-refractivity contribution in [3.05, 3.63) is 29.3 Å². The van der Waals surface area contributed by atoms with E-state index in [4.69, 9.17) is 16.4 Å². The molecule has 3 aliphatic rings. The first kappa shape index (κ1) is 19.1. The van der Waals surface area contributed by atoms with Crippen molar-refractivity contribution in [2.24, 2.45) is 5.16 Å². The molecule has 3 amide bonds. The number of hydrogen-bond donors (Lipinski definition) is 2. The highest BCUT2D eigenvalue weighted by Gasteiger charge is 2.45. The highest BCUT2D eigenvalue weighted by atomic mass is 35.5. The van der Waals surface area contributed by atoms with Crippen molar-refractivity contribution in [1.82, 2.24) is 10.2 Å². The van der Waals surface area contributed by atoms with Gasteiger partial charge in [-0.3, -0.25) is 4.79 Å². The van der Waals surface area contributed by atoms with Gasteiger partial charge in [0.2, 0.25) is 0 Å². The Labute approximate surface area is 169 Å². The van der Waals surface area contributed by atoms with Crippen molar-refractivity contribution in [3.63, 3.8) is 0 Å². The van der Waals surface area contributed by atoms with E-state index in [1.807, 2.05) is 0 Å². The van der Waals surface area contributed by atoms with Crippen LogP contribution < -0.4 is 10.6 Å². The minimum atomic E-state index is -0.605. The number of amides is 3. The van der Waals surface area contributed by atoms with E-state index in [0.29, 0.717) is 35.9 Å². The topological polar surface area (TPSA) is 83.0 Å². The van der Waals surface area contributed by atoms with Crippen LogP contribution in [0.15, 0.2) is 29.4 Å². The molecule has 2 heterocycles. The molecule has 0 aromatic heterocycles. The summed E-state index contributed by atoms with van der Waals surface area (Å²) in [4.78, 5) is 32.7. The lowest BCUT2D eigenvalue weighted by Crippen LogP contribution is -2.54. The lowest BCUT2D eigenvalue weighted by molar-refractivity contribution is -0.110. The molecule has 1 saturated carbocycles. The second kappa shape index (κ2) is 7.99. The zero-order valence-electron chi connectivity index (χ0n) is 15.7. The average molecular weight is 405 g/mol. The average Bonchev–Trinajstić information content (AvgIpc) is 3.32. The largest absolute Gasteiger partial charge is 0.386 e. The first-order valence-corrected chi connectivity index (χ1v) is 10.3. The van der Waals surface area contributed by atoms with Crippen molar-refractivity contribution in [2.45, 2.75) is 56.6 Å². The van der Waals surface area contributed by atoms with Crippen LogP contribution in [0.25, 0.3) is 0 Å². The maximum absolute atomic E-state index is 12.6. The van der Waals surface area contributed by atoms with Crippen LogP contribution in [0.3, 0.4) is 0 Å². The van der Waals surface area contributed by atoms with Crippen molar-refractivity contribution in [1.29, 1.82) is 0 Å². The third-order valence-corrected chi connectivity index (χ3v) is 5.93. The Bertz CT molecular complexity index is 793. The van der Waals surface area contributed by atoms with Gasteiger partial charge < -0.3 is 20.4 Å². The van der Waals surface area contributed by atoms with Crippen LogP contribution >= 0.6 is 11.6 Å². The van der Waals surface area contributed by atoms with Crippen LogP contribution in [-0.2, 0) is 9.63 Å². The number of oxime groups is 1. The van der Waals surface area contributed by atoms with E-state index in [1.165, 1.54) is 12.8 Å². The van der Waals surface area contributed by atoms with Gasteiger partial charge in [0.1, 0.15) is 5.71 Å². The molecular weight excluding hydrogens is 380 g/mol. The van der Waals surface area contributed by atoms with E-state index in [0.717, 1.165) is 25.7 Å². The highest BCUT2D eigenvalue weighted by molar-refractivity contribution is 6.43. The summed E-state index contributed by atoms with van der Waals surface area (Å²) < 4.78 is 0. The molecule has 1 saturated heterocycles. The maximum Gasteiger partial charge on any atom is 0.317 e. The van der Waals surface area contributed by atoms with Crippen molar-refractivity contribution < 1.29 is 14.4 Å². The number of anilines is 1. The van der Waals surface area contributed by atoms with Crippen molar-refractivity contribution in [3.8, 4) is 0 Å². The number of nitrogens with one attached hydrogen (secondary N) is 2. The fourth-order valence-electron chi connectivity index (χ4n) is 4.24. The van der Waals surface area contributed by atoms with E-state index in [9.17, 15) is 9.59 Å². The third-order valence-electron chi connectivity index (χ3n) is 5.69. The monoisotopic (exact) mass is 404 g/mol. The lowest BCUT2D eigenvalue weighted by Gasteiger charge is -2.38. The molecule has 4 rings (SSSR count). The van der Waals surface area contributed by atoms with Crippen molar-refractivity contribution in [2.75, 3.05) is 18.4 Å². The first-order valence-electron chi connectivity index (χ1n) is 9.90. The fraction of sp³-hybridized carbons (Fsp3) is 0.550. The second-order valence-corrected chi connectivity index (χ2v) is 8.35. The van der Waals surface area contributed by atoms with Crippen LogP contribution in [0.1, 0.15) is 44.9 Å². The molecule has 7 nitrogen and oxygen atoms in total. The Balaban J connectivity index is 1.34. The molecule has 1 aromatic rings. The summed E-state index contributed by atoms with van der Waals surface area (Å²) in [6.07, 6.45) is 6.46. The summed E-state index contributed by atoms with van der Waals surface area (Å²) in [6.45, 7) is 1.15. The molecule has 1 atom stereocenters. The molecule has 150 valence electrons. The van der Waals surface area contributed by atoms with Gasteiger partial charge >= 0.3 is 6.03 Å². The Morgan fingerprint density at radius 3 is 2.86 bits per heavy atom. The van der Waals surface area contributed by atoms with E-state index < -0.39 is 5.60 Å². The van der Waals surface area contributed by atoms with Gasteiger partial charge in [0, 0.05) is 29.7 Å². The van der Waals surface area contributed by atoms with Crippen LogP contribution in [-0.4, -0.2) is 47.3 Å². The number of hydrogen-bond acceptors (Lipinski definition) is 4. The number of carbonyl (C=O) groups excluding carboxylic acids is 2. The van der Waals surface area contributed by atoms with Gasteiger partial charge in [-0.25, -0.2) is 4.79 Å². The molecule has 1 unspecified atom stereocenters. The summed E-state index contributed by atoms with van der Waals surface area (Å²) in [5.74, 6) is -0.299. The van der Waals surface area contributed by atoms with Gasteiger partial charge in [0.25, 0.3) is 5.91 Å². The normalized spacial score (nSPS) is 24.8. The number of carbonyl (C=O) groups is 2. The van der Waals surface area contributed by atoms with Gasteiger partial charge in [0.05, 0.1) is 6.54 Å². The standard InChI is InChI=1S/C20H25ClN4O3/c21-14-5-3-8-16(11-14)22-18(26)17-12-20(28-24-17)9-4-10-25(13-20)19(27)23-15-6-1-2-7-15/h3,5,8,11,15H,1-2,4,6-7,9-10,12-13H2,(H,22,26)(H,23,27). The number of piperidine rings is 1. The first-order chi connectivity index (χ1) is 13.5. The van der Waals surface area contributed by atoms with E-state index >= 15 is 0 Å². The molecule has 1 aromatic carbocycles. The molecule has 0 bridgehead atoms. The number of benzene rings is 1. The SMILES string of the molecule is O=C(Nc1cccc(Cl)c1)C1=NOC2(CCCN(C(=O)NC3CCCC3)C2)C1. The highest BCUT2D eigenvalue weighted by Crippen LogP contribution is 2.34. The number of rotatable bonds is 3. The van der Waals surface area contributed by atoms with Crippen LogP contribution in [0.2, 0.25) is 5.02 Å². The zero-order chi connectivity index (χ0) is 19.6. The van der Waals surface area contributed by atoms with Gasteiger partial charge in [-0.1, -0.05) is 35.7 Å². The predicted molar refractivity (Wildman–Crippen MR) is 108 cm³/mol. The quantitative estimate of drug-likeness (QED) is 0.808. The molecule has 0 radical (unpaired) electrons. The number of urea groups is 1. The van der Waals surface area contributed by atoms with Crippen LogP contribution in [0.4, 0.5) is 10.5 Å². The third kappa shape index (κ3) is 4.24. The molecular formula is C20H25ClN4O3. The number of nitrogens with zero attached hydrogens (tertiary/aromatic N) is 2. The minimum absolute atomic E-state index is 0.0357. The predicted octanol–water partition coefficient (Wildman–Crippen LogP) is 3.54. The number of halogens is 1. The lowest BCUT2D eigenvalue weighted by atomic mass is 9.88. The fourth-order valence-corrected chi connectivity index (χ4v) is 4.43. The Morgan fingerprint density at radius 1 is 1.25 bits per heavy atom. The van der Waals surface area contributed by atoms with E-state index in [1.54, 1.807) is 29.2 Å². The van der Waals surface area contributed by atoms with Crippen LogP contribution in [0, 0.1) is 0 Å². The molecule has 8 heteroatoms. The molecule has 2 aliphatic heterocycles. The number of likely N-dealkylation sites (tertiary alicyclic amines) is 1. The Hall–Kier alpha value is -2.28. The van der Waals surface area contributed by atoms with Gasteiger partial charge in [-0.15, -0.1) is 0 Å². The summed E-state index contributed by atoms with van der Waals surface area (Å²) in [5.41, 5.74) is 0.354. The smallest absolute Gasteiger partial charge is 0.317 e. The summed E-state index contributed by atoms with van der Waals surface area (Å²) in [7, 11) is 0. The van der Waals surface area contributed by atoms with E-state index in [-0.39, 0.29) is 18.0 Å². The summed E-state index contributed by atoms with van der Waals surface area (Å²) >= 11 is 5.96. The molecule has 2 N–H and O–H groups in total. The van der Waals surface area contributed by atoms with Gasteiger partial charge in [-0.2, -0.15) is 0 Å². The minimum Gasteiger partial charge on any atom is -0.386 e. The maximum atomic E-state index is 12.6. The van der Waals surface area contributed by atoms with E-state index in [2.05, 4.69) is 15.8 Å². The zero-order valence-corrected chi connectivity index (χ0v) is 16.5. The summed E-state index contributed by atoms with van der Waals surface area (Å²) in [5, 5.41) is 10.5. The van der Waals surface area contributed by atoms with Crippen LogP contribution in [0.5, 0.6) is 0 Å². The molecule has 28 heavy (non-hydrogen) atoms. The Morgan fingerprint density at radius 2 is 2.07 bits per heavy atom. The van der Waals surface area contributed by atoms with Gasteiger partial charge in [0.15, 0.2) is 5.60 Å². The Kier molecular flexibility index (Phi) is 5.44.